The molecule has 1 heterocycles. The van der Waals surface area contributed by atoms with Crippen LogP contribution in [0.4, 0.5) is 0 Å². The first-order valence-corrected chi connectivity index (χ1v) is 9.66. The molecule has 0 fully saturated rings. The van der Waals surface area contributed by atoms with Crippen molar-refractivity contribution in [3.63, 3.8) is 0 Å². The molecule has 0 bridgehead atoms. The topological polar surface area (TPSA) is 74.6 Å². The van der Waals surface area contributed by atoms with Crippen molar-refractivity contribution in [3.05, 3.63) is 71.8 Å². The van der Waals surface area contributed by atoms with Gasteiger partial charge >= 0.3 is 0 Å². The van der Waals surface area contributed by atoms with E-state index in [1.54, 1.807) is 33.6 Å². The Morgan fingerprint density at radius 3 is 2.17 bits per heavy atom. The molecule has 0 aliphatic heterocycles. The van der Waals surface area contributed by atoms with E-state index in [2.05, 4.69) is 10.3 Å². The Kier molecular flexibility index (Phi) is 6.95. The van der Waals surface area contributed by atoms with Crippen LogP contribution in [0.2, 0.25) is 0 Å². The zero-order valence-corrected chi connectivity index (χ0v) is 17.7. The van der Waals surface area contributed by atoms with E-state index in [-0.39, 0.29) is 5.91 Å². The van der Waals surface area contributed by atoms with Crippen molar-refractivity contribution in [2.45, 2.75) is 18.9 Å². The van der Waals surface area contributed by atoms with E-state index < -0.39 is 6.04 Å². The van der Waals surface area contributed by atoms with Crippen LogP contribution in [0.25, 0.3) is 0 Å². The average molecular weight is 409 g/mol. The third-order valence-electron chi connectivity index (χ3n) is 4.93. The number of rotatable bonds is 9. The Hall–Kier alpha value is -3.48. The summed E-state index contributed by atoms with van der Waals surface area (Å²) >= 11 is 0. The Balaban J connectivity index is 1.79. The van der Waals surface area contributed by atoms with Gasteiger partial charge in [0.25, 0.3) is 0 Å². The highest BCUT2D eigenvalue weighted by atomic mass is 16.5. The van der Waals surface area contributed by atoms with Gasteiger partial charge in [0.15, 0.2) is 0 Å². The van der Waals surface area contributed by atoms with Crippen LogP contribution >= 0.6 is 0 Å². The number of nitrogens with one attached hydrogen (secondary N) is 1. The van der Waals surface area contributed by atoms with Gasteiger partial charge in [-0.15, -0.1) is 0 Å². The smallest absolute Gasteiger partial charge is 0.221 e. The van der Waals surface area contributed by atoms with Gasteiger partial charge in [-0.1, -0.05) is 12.1 Å². The highest BCUT2D eigenvalue weighted by molar-refractivity contribution is 5.77. The van der Waals surface area contributed by atoms with E-state index in [1.807, 2.05) is 54.2 Å². The summed E-state index contributed by atoms with van der Waals surface area (Å²) in [5, 5.41) is 3.11. The van der Waals surface area contributed by atoms with E-state index >= 15 is 0 Å². The molecule has 2 aromatic carbocycles. The van der Waals surface area contributed by atoms with Crippen LogP contribution in [0.1, 0.15) is 29.4 Å². The lowest BCUT2D eigenvalue weighted by atomic mass is 10.0. The molecule has 1 unspecified atom stereocenters. The molecule has 0 spiro atoms. The first-order valence-electron chi connectivity index (χ1n) is 9.66. The summed E-state index contributed by atoms with van der Waals surface area (Å²) in [5.74, 6) is 2.75. The van der Waals surface area contributed by atoms with Crippen molar-refractivity contribution in [3.8, 4) is 17.2 Å². The maximum absolute atomic E-state index is 12.8. The number of nitrogens with zero attached hydrogens (tertiary/aromatic N) is 2. The summed E-state index contributed by atoms with van der Waals surface area (Å²) in [4.78, 5) is 17.2. The fraction of sp³-hybridized carbons (Fsp3) is 0.304. The first-order chi connectivity index (χ1) is 14.5. The molecule has 1 amide bonds. The van der Waals surface area contributed by atoms with Crippen molar-refractivity contribution in [2.24, 2.45) is 7.05 Å². The maximum Gasteiger partial charge on any atom is 0.221 e. The Morgan fingerprint density at radius 2 is 1.63 bits per heavy atom. The van der Waals surface area contributed by atoms with Crippen LogP contribution in [0, 0.1) is 0 Å². The lowest BCUT2D eigenvalue weighted by Crippen LogP contribution is -2.31. The number of amides is 1. The average Bonchev–Trinajstić information content (AvgIpc) is 3.21. The van der Waals surface area contributed by atoms with Gasteiger partial charge < -0.3 is 24.1 Å². The fourth-order valence-electron chi connectivity index (χ4n) is 3.23. The van der Waals surface area contributed by atoms with Crippen LogP contribution in [-0.2, 0) is 18.3 Å². The van der Waals surface area contributed by atoms with Crippen molar-refractivity contribution >= 4 is 5.91 Å². The third kappa shape index (κ3) is 5.11. The third-order valence-corrected chi connectivity index (χ3v) is 4.93. The fourth-order valence-corrected chi connectivity index (χ4v) is 3.23. The van der Waals surface area contributed by atoms with Gasteiger partial charge in [0.05, 0.1) is 21.3 Å². The second kappa shape index (κ2) is 9.82. The highest BCUT2D eigenvalue weighted by Crippen LogP contribution is 2.29. The van der Waals surface area contributed by atoms with Crippen molar-refractivity contribution in [1.29, 1.82) is 0 Å². The molecule has 7 heteroatoms. The van der Waals surface area contributed by atoms with Gasteiger partial charge in [0, 0.05) is 31.9 Å². The molecule has 1 aromatic heterocycles. The van der Waals surface area contributed by atoms with Crippen molar-refractivity contribution in [1.82, 2.24) is 14.9 Å². The molecule has 158 valence electrons. The van der Waals surface area contributed by atoms with Crippen LogP contribution in [0.15, 0.2) is 54.9 Å². The zero-order valence-electron chi connectivity index (χ0n) is 17.7. The van der Waals surface area contributed by atoms with Gasteiger partial charge in [0.2, 0.25) is 5.91 Å². The standard InChI is InChI=1S/C23H27N3O4/c1-26-12-11-24-23(26)22(17-13-19(29-3)15-20(14-17)30-4)25-21(27)10-7-16-5-8-18(28-2)9-6-16/h5-6,8-9,11-15,22H,7,10H2,1-4H3,(H,25,27). The molecule has 0 saturated carbocycles. The number of carbonyl (C=O) groups is 1. The minimum Gasteiger partial charge on any atom is -0.497 e. The lowest BCUT2D eigenvalue weighted by molar-refractivity contribution is -0.121. The summed E-state index contributed by atoms with van der Waals surface area (Å²) in [5.41, 5.74) is 1.90. The number of methoxy groups -OCH3 is 3. The van der Waals surface area contributed by atoms with E-state index in [4.69, 9.17) is 14.2 Å². The molecule has 0 radical (unpaired) electrons. The van der Waals surface area contributed by atoms with Crippen LogP contribution in [0.5, 0.6) is 17.2 Å². The number of carbonyl (C=O) groups excluding carboxylic acids is 1. The van der Waals surface area contributed by atoms with Gasteiger partial charge in [0.1, 0.15) is 29.1 Å². The van der Waals surface area contributed by atoms with E-state index in [1.165, 1.54) is 0 Å². The van der Waals surface area contributed by atoms with E-state index in [9.17, 15) is 4.79 Å². The summed E-state index contributed by atoms with van der Waals surface area (Å²) in [7, 11) is 6.73. The minimum absolute atomic E-state index is 0.0689. The predicted octanol–water partition coefficient (Wildman–Crippen LogP) is 3.28. The van der Waals surface area contributed by atoms with Crippen LogP contribution < -0.4 is 19.5 Å². The number of hydrogen-bond acceptors (Lipinski definition) is 5. The van der Waals surface area contributed by atoms with Gasteiger partial charge in [-0.05, 0) is 41.8 Å². The quantitative estimate of drug-likeness (QED) is 0.587. The SMILES string of the molecule is COc1ccc(CCC(=O)NC(c2cc(OC)cc(OC)c2)c2nccn2C)cc1. The second-order valence-electron chi connectivity index (χ2n) is 6.89. The summed E-state index contributed by atoms with van der Waals surface area (Å²) in [6.07, 6.45) is 4.55. The molecule has 3 rings (SSSR count). The monoisotopic (exact) mass is 409 g/mol. The normalized spacial score (nSPS) is 11.6. The molecular weight excluding hydrogens is 382 g/mol. The summed E-state index contributed by atoms with van der Waals surface area (Å²) in [6.45, 7) is 0. The first kappa shape index (κ1) is 21.2. The number of ether oxygens (including phenoxy) is 3. The highest BCUT2D eigenvalue weighted by Gasteiger charge is 2.22. The molecule has 3 aromatic rings. The summed E-state index contributed by atoms with van der Waals surface area (Å²) in [6, 6.07) is 12.8. The minimum atomic E-state index is -0.433. The number of imidazole rings is 1. The predicted molar refractivity (Wildman–Crippen MR) is 114 cm³/mol. The number of hydrogen-bond donors (Lipinski definition) is 1. The number of aromatic nitrogens is 2. The van der Waals surface area contributed by atoms with Gasteiger partial charge in [-0.2, -0.15) is 0 Å². The lowest BCUT2D eigenvalue weighted by Gasteiger charge is -2.20. The zero-order chi connectivity index (χ0) is 21.5. The Labute approximate surface area is 176 Å². The van der Waals surface area contributed by atoms with E-state index in [0.717, 1.165) is 22.7 Å². The largest absolute Gasteiger partial charge is 0.497 e. The molecule has 0 saturated heterocycles. The molecule has 1 atom stereocenters. The molecule has 1 N–H and O–H groups in total. The Bertz CT molecular complexity index is 960. The second-order valence-corrected chi connectivity index (χ2v) is 6.89. The van der Waals surface area contributed by atoms with E-state index in [0.29, 0.717) is 24.3 Å². The summed E-state index contributed by atoms with van der Waals surface area (Å²) < 4.78 is 17.9. The molecule has 30 heavy (non-hydrogen) atoms. The van der Waals surface area contributed by atoms with Crippen molar-refractivity contribution in [2.75, 3.05) is 21.3 Å². The number of benzene rings is 2. The molecule has 0 aliphatic rings. The van der Waals surface area contributed by atoms with Crippen LogP contribution in [-0.4, -0.2) is 36.8 Å². The Morgan fingerprint density at radius 1 is 1.00 bits per heavy atom. The van der Waals surface area contributed by atoms with Gasteiger partial charge in [-0.3, -0.25) is 4.79 Å². The molecule has 0 aliphatic carbocycles. The molecule has 7 nitrogen and oxygen atoms in total. The van der Waals surface area contributed by atoms with Crippen molar-refractivity contribution < 1.29 is 19.0 Å². The molecular formula is C23H27N3O4. The van der Waals surface area contributed by atoms with Gasteiger partial charge in [-0.25, -0.2) is 4.98 Å². The maximum atomic E-state index is 12.8. The van der Waals surface area contributed by atoms with Crippen LogP contribution in [0.3, 0.4) is 0 Å². The number of aryl methyl sites for hydroxylation is 2.